The molecule has 0 aromatic heterocycles. The Balaban J connectivity index is 0.000000521. The first kappa shape index (κ1) is 25.8. The predicted molar refractivity (Wildman–Crippen MR) is 106 cm³/mol. The monoisotopic (exact) mass is 414 g/mol. The second kappa shape index (κ2) is 14.8. The Morgan fingerprint density at radius 1 is 1.07 bits per heavy atom. The normalized spacial score (nSPS) is 11.0. The maximum absolute atomic E-state index is 11.0. The van der Waals surface area contributed by atoms with Crippen molar-refractivity contribution in [2.24, 2.45) is 0 Å². The van der Waals surface area contributed by atoms with Gasteiger partial charge in [-0.2, -0.15) is 8.42 Å². The molecule has 0 aliphatic carbocycles. The maximum atomic E-state index is 11.0. The Bertz CT molecular complexity index is 724. The highest BCUT2D eigenvalue weighted by Crippen LogP contribution is 2.17. The molecule has 0 saturated carbocycles. The molecule has 0 bridgehead atoms. The number of ether oxygens (including phenoxy) is 1. The summed E-state index contributed by atoms with van der Waals surface area (Å²) in [6.45, 7) is 4.11. The summed E-state index contributed by atoms with van der Waals surface area (Å²) in [5.41, 5.74) is 0.692. The van der Waals surface area contributed by atoms with Crippen LogP contribution in [0.25, 0.3) is 0 Å². The average Bonchev–Trinajstić information content (AvgIpc) is 2.64. The molecule has 28 heavy (non-hydrogen) atoms. The number of esters is 1. The summed E-state index contributed by atoms with van der Waals surface area (Å²) in [5, 5.41) is 8.28. The number of allylic oxidation sites excluding steroid dienone is 1. The second-order valence-electron chi connectivity index (χ2n) is 6.08. The van der Waals surface area contributed by atoms with E-state index in [1.165, 1.54) is 12.3 Å². The molecule has 7 nitrogen and oxygen atoms in total. The lowest BCUT2D eigenvalue weighted by molar-refractivity contribution is -0.144. The van der Waals surface area contributed by atoms with Crippen LogP contribution in [0.1, 0.15) is 64.4 Å². The summed E-state index contributed by atoms with van der Waals surface area (Å²) in [7, 11) is -4.06. The highest BCUT2D eigenvalue weighted by Gasteiger charge is 2.13. The van der Waals surface area contributed by atoms with Gasteiger partial charge >= 0.3 is 11.9 Å². The van der Waals surface area contributed by atoms with Gasteiger partial charge in [0, 0.05) is 0 Å². The third-order valence-corrected chi connectivity index (χ3v) is 4.57. The van der Waals surface area contributed by atoms with Crippen molar-refractivity contribution >= 4 is 22.1 Å². The van der Waals surface area contributed by atoms with Crippen molar-refractivity contribution in [1.82, 2.24) is 0 Å². The van der Waals surface area contributed by atoms with Gasteiger partial charge in [0.2, 0.25) is 0 Å². The summed E-state index contributed by atoms with van der Waals surface area (Å²) in [6, 6.07) is 6.55. The molecular weight excluding hydrogens is 384 g/mol. The number of carboxylic acids is 1. The quantitative estimate of drug-likeness (QED) is 0.239. The predicted octanol–water partition coefficient (Wildman–Crippen LogP) is 4.37. The van der Waals surface area contributed by atoms with Gasteiger partial charge in [-0.1, -0.05) is 44.9 Å². The van der Waals surface area contributed by atoms with E-state index >= 15 is 0 Å². The van der Waals surface area contributed by atoms with Crippen LogP contribution in [0.15, 0.2) is 41.5 Å². The molecule has 158 valence electrons. The van der Waals surface area contributed by atoms with Crippen molar-refractivity contribution in [3.8, 4) is 0 Å². The van der Waals surface area contributed by atoms with Crippen LogP contribution in [0.3, 0.4) is 0 Å². The number of aliphatic carboxylic acids is 1. The molecule has 1 aromatic rings. The van der Waals surface area contributed by atoms with Gasteiger partial charge in [-0.15, -0.1) is 0 Å². The Morgan fingerprint density at radius 2 is 1.71 bits per heavy atom. The third-order valence-electron chi connectivity index (χ3n) is 3.61. The van der Waals surface area contributed by atoms with E-state index in [4.69, 9.17) is 9.66 Å². The van der Waals surface area contributed by atoms with E-state index in [0.29, 0.717) is 12.0 Å². The molecule has 8 heteroatoms. The van der Waals surface area contributed by atoms with Crippen LogP contribution in [0.5, 0.6) is 0 Å². The highest BCUT2D eigenvalue weighted by atomic mass is 32.2. The topological polar surface area (TPSA) is 118 Å². The smallest absolute Gasteiger partial charge is 0.311 e. The zero-order valence-corrected chi connectivity index (χ0v) is 17.3. The molecule has 0 atom stereocenters. The molecule has 0 unspecified atom stereocenters. The number of aryl methyl sites for hydroxylation is 1. The van der Waals surface area contributed by atoms with Crippen molar-refractivity contribution in [1.29, 1.82) is 0 Å². The van der Waals surface area contributed by atoms with E-state index in [2.05, 4.69) is 11.7 Å². The molecule has 0 saturated heterocycles. The molecule has 1 rings (SSSR count). The van der Waals surface area contributed by atoms with Crippen LogP contribution in [0, 0.1) is 0 Å². The van der Waals surface area contributed by atoms with Gasteiger partial charge in [0.1, 0.15) is 0 Å². The molecule has 1 aromatic carbocycles. The fourth-order valence-electron chi connectivity index (χ4n) is 2.11. The van der Waals surface area contributed by atoms with Crippen LogP contribution in [-0.4, -0.2) is 30.0 Å². The fourth-order valence-corrected chi connectivity index (χ4v) is 2.86. The lowest BCUT2D eigenvalue weighted by Crippen LogP contribution is -2.03. The van der Waals surface area contributed by atoms with Gasteiger partial charge in [0.25, 0.3) is 10.1 Å². The summed E-state index contributed by atoms with van der Waals surface area (Å²) < 4.78 is 35.5. The molecule has 0 fully saturated rings. The SMILES string of the molecule is CCCCC=COC(=O)CCC(=O)O.CCCCc1ccccc1S(=O)(=O)O. The minimum absolute atomic E-state index is 0.0356. The summed E-state index contributed by atoms with van der Waals surface area (Å²) >= 11 is 0. The first-order valence-corrected chi connectivity index (χ1v) is 10.8. The van der Waals surface area contributed by atoms with Crippen molar-refractivity contribution in [2.45, 2.75) is 70.1 Å². The number of hydrogen-bond donors (Lipinski definition) is 2. The molecule has 0 amide bonds. The summed E-state index contributed by atoms with van der Waals surface area (Å²) in [4.78, 5) is 21.0. The fraction of sp³-hybridized carbons (Fsp3) is 0.500. The van der Waals surface area contributed by atoms with Gasteiger partial charge in [0.05, 0.1) is 24.0 Å². The highest BCUT2D eigenvalue weighted by molar-refractivity contribution is 7.85. The number of hydrogen-bond acceptors (Lipinski definition) is 5. The van der Waals surface area contributed by atoms with Crippen LogP contribution >= 0.6 is 0 Å². The number of carbonyl (C=O) groups is 2. The third kappa shape index (κ3) is 13.1. The number of carboxylic acid groups (broad SMARTS) is 1. The van der Waals surface area contributed by atoms with Crippen molar-refractivity contribution in [3.05, 3.63) is 42.2 Å². The van der Waals surface area contributed by atoms with Crippen molar-refractivity contribution in [3.63, 3.8) is 0 Å². The Kier molecular flexibility index (Phi) is 13.7. The minimum atomic E-state index is -4.06. The van der Waals surface area contributed by atoms with Gasteiger partial charge in [0.15, 0.2) is 0 Å². The zero-order valence-electron chi connectivity index (χ0n) is 16.5. The second-order valence-corrected chi connectivity index (χ2v) is 7.47. The number of unbranched alkanes of at least 4 members (excludes halogenated alkanes) is 3. The largest absolute Gasteiger partial charge is 0.481 e. The lowest BCUT2D eigenvalue weighted by Gasteiger charge is -2.05. The number of carbonyl (C=O) groups excluding carboxylic acids is 1. The maximum Gasteiger partial charge on any atom is 0.311 e. The van der Waals surface area contributed by atoms with Gasteiger partial charge in [-0.25, -0.2) is 0 Å². The standard InChI is InChI=1S/C10H16O4.C10H14O3S/c1-2-3-4-5-8-14-10(13)7-6-9(11)12;1-2-3-6-9-7-4-5-8-10(9)14(11,12)13/h5,8H,2-4,6-7H2,1H3,(H,11,12);4-5,7-8H,2-3,6H2,1H3,(H,11,12,13). The first-order chi connectivity index (χ1) is 13.2. The van der Waals surface area contributed by atoms with Gasteiger partial charge in [-0.05, 0) is 43.4 Å². The molecule has 0 radical (unpaired) electrons. The average molecular weight is 415 g/mol. The van der Waals surface area contributed by atoms with Crippen LogP contribution < -0.4 is 0 Å². The number of benzene rings is 1. The molecular formula is C20H30O7S. The van der Waals surface area contributed by atoms with E-state index in [1.807, 2.05) is 6.92 Å². The van der Waals surface area contributed by atoms with Crippen molar-refractivity contribution in [2.75, 3.05) is 0 Å². The van der Waals surface area contributed by atoms with E-state index in [-0.39, 0.29) is 17.7 Å². The molecule has 0 heterocycles. The van der Waals surface area contributed by atoms with E-state index in [1.54, 1.807) is 24.3 Å². The van der Waals surface area contributed by atoms with E-state index in [0.717, 1.165) is 32.1 Å². The van der Waals surface area contributed by atoms with Gasteiger partial charge in [-0.3, -0.25) is 14.1 Å². The van der Waals surface area contributed by atoms with E-state index < -0.39 is 22.1 Å². The summed E-state index contributed by atoms with van der Waals surface area (Å²) in [6.07, 6.45) is 8.49. The van der Waals surface area contributed by atoms with Crippen LogP contribution in [-0.2, 0) is 30.9 Å². The number of rotatable bonds is 11. The molecule has 0 aliphatic rings. The van der Waals surface area contributed by atoms with E-state index in [9.17, 15) is 18.0 Å². The van der Waals surface area contributed by atoms with Gasteiger partial charge < -0.3 is 9.84 Å². The van der Waals surface area contributed by atoms with Crippen molar-refractivity contribution < 1.29 is 32.4 Å². The zero-order chi connectivity index (χ0) is 21.4. The van der Waals surface area contributed by atoms with Crippen LogP contribution in [0.2, 0.25) is 0 Å². The molecule has 0 aliphatic heterocycles. The first-order valence-electron chi connectivity index (χ1n) is 9.34. The molecule has 0 spiro atoms. The van der Waals surface area contributed by atoms with Crippen LogP contribution in [0.4, 0.5) is 0 Å². The molecule has 2 N–H and O–H groups in total. The minimum Gasteiger partial charge on any atom is -0.481 e. The Morgan fingerprint density at radius 3 is 2.29 bits per heavy atom. The Hall–Kier alpha value is -2.19. The summed E-state index contributed by atoms with van der Waals surface area (Å²) in [5.74, 6) is -1.49. The Labute approximate surface area is 167 Å². The lowest BCUT2D eigenvalue weighted by atomic mass is 10.1.